The highest BCUT2D eigenvalue weighted by molar-refractivity contribution is 4.94. The minimum atomic E-state index is 0. The molecule has 6 nitrogen and oxygen atoms in total. The van der Waals surface area contributed by atoms with Gasteiger partial charge in [0.15, 0.2) is 25.5 Å². The van der Waals surface area contributed by atoms with E-state index in [-0.39, 0.29) is 60.6 Å². The maximum atomic E-state index is 3.72. The van der Waals surface area contributed by atoms with Gasteiger partial charge in [-0.15, -0.1) is 0 Å². The molecular formula is C12H24Cl4N4O2. The Balaban J connectivity index is -0.0000000457. The lowest BCUT2D eigenvalue weighted by atomic mass is 10.4. The predicted molar refractivity (Wildman–Crippen MR) is 66.4 cm³/mol. The van der Waals surface area contributed by atoms with Gasteiger partial charge in [-0.25, -0.2) is 9.97 Å². The first kappa shape index (κ1) is 37.5. The second kappa shape index (κ2) is 25.3. The molecule has 2 heterocycles. The monoisotopic (exact) mass is 396 g/mol. The molecule has 132 valence electrons. The van der Waals surface area contributed by atoms with Crippen LogP contribution in [0.25, 0.3) is 0 Å². The quantitative estimate of drug-likeness (QED) is 0.495. The van der Waals surface area contributed by atoms with Crippen molar-refractivity contribution in [1.82, 2.24) is 0 Å². The normalized spacial score (nSPS) is 6.64. The molecule has 0 atom stereocenters. The van der Waals surface area contributed by atoms with Crippen molar-refractivity contribution >= 4 is 0 Å². The Kier molecular flexibility index (Phi) is 43.1. The van der Waals surface area contributed by atoms with Crippen LogP contribution in [0.4, 0.5) is 0 Å². The lowest BCUT2D eigenvalue weighted by molar-refractivity contribution is -0.457. The number of quaternary nitrogens is 2. The smallest absolute Gasteiger partial charge is 0.234 e. The molecule has 10 heteroatoms. The average molecular weight is 398 g/mol. The Morgan fingerprint density at radius 2 is 0.955 bits per heavy atom. The zero-order valence-electron chi connectivity index (χ0n) is 12.0. The molecule has 0 aliphatic rings. The maximum Gasteiger partial charge on any atom is 0.234 e. The van der Waals surface area contributed by atoms with Gasteiger partial charge in [-0.05, 0) is 12.1 Å². The molecule has 0 spiro atoms. The maximum absolute atomic E-state index is 3.72. The van der Waals surface area contributed by atoms with Crippen molar-refractivity contribution in [3.8, 4) is 0 Å². The van der Waals surface area contributed by atoms with Crippen molar-refractivity contribution in [3.63, 3.8) is 0 Å². The number of rotatable bonds is 2. The van der Waals surface area contributed by atoms with Gasteiger partial charge in [-0.3, -0.25) is 0 Å². The number of halogens is 4. The lowest BCUT2D eigenvalue weighted by Crippen LogP contribution is -3.00. The first-order valence-electron chi connectivity index (χ1n) is 5.36. The Labute approximate surface area is 155 Å². The molecule has 2 rings (SSSR count). The van der Waals surface area contributed by atoms with E-state index in [2.05, 4.69) is 21.4 Å². The van der Waals surface area contributed by atoms with Gasteiger partial charge >= 0.3 is 0 Å². The number of aromatic nitrogens is 2. The van der Waals surface area contributed by atoms with Crippen molar-refractivity contribution < 1.29 is 82.0 Å². The summed E-state index contributed by atoms with van der Waals surface area (Å²) in [5.74, 6) is 0. The molecule has 2 aromatic heterocycles. The number of H-pyrrole nitrogens is 2. The Morgan fingerprint density at radius 1 is 0.636 bits per heavy atom. The van der Waals surface area contributed by atoms with Crippen LogP contribution < -0.4 is 71.1 Å². The highest BCUT2D eigenvalue weighted by Gasteiger charge is 1.93. The summed E-state index contributed by atoms with van der Waals surface area (Å²) >= 11 is 0. The molecule has 0 radical (unpaired) electrons. The Hall–Kier alpha value is -0.700. The van der Waals surface area contributed by atoms with Crippen LogP contribution in [0.5, 0.6) is 0 Å². The van der Waals surface area contributed by atoms with E-state index in [0.717, 1.165) is 13.1 Å². The summed E-state index contributed by atoms with van der Waals surface area (Å²) < 4.78 is 0. The lowest BCUT2D eigenvalue weighted by Gasteiger charge is -1.79. The molecule has 0 fully saturated rings. The van der Waals surface area contributed by atoms with Crippen LogP contribution in [0.15, 0.2) is 48.8 Å². The second-order valence-corrected chi connectivity index (χ2v) is 3.28. The highest BCUT2D eigenvalue weighted by atomic mass is 35.5. The summed E-state index contributed by atoms with van der Waals surface area (Å²) in [7, 11) is 0. The first-order valence-corrected chi connectivity index (χ1v) is 5.36. The van der Waals surface area contributed by atoms with Crippen LogP contribution in [0, 0.1) is 0 Å². The molecule has 0 bridgehead atoms. The van der Waals surface area contributed by atoms with Gasteiger partial charge in [0.25, 0.3) is 0 Å². The molecule has 22 heavy (non-hydrogen) atoms. The van der Waals surface area contributed by atoms with E-state index < -0.39 is 0 Å². The molecule has 0 amide bonds. The second-order valence-electron chi connectivity index (χ2n) is 3.28. The van der Waals surface area contributed by atoms with Gasteiger partial charge in [0.2, 0.25) is 11.4 Å². The first-order chi connectivity index (χ1) is 7.86. The zero-order chi connectivity index (χ0) is 11.6. The summed E-state index contributed by atoms with van der Waals surface area (Å²) in [5, 5.41) is 0. The van der Waals surface area contributed by atoms with Gasteiger partial charge in [-0.2, -0.15) is 0 Å². The predicted octanol–water partition coefficient (Wildman–Crippen LogP) is -15.1. The molecule has 0 aliphatic carbocycles. The van der Waals surface area contributed by atoms with Crippen molar-refractivity contribution in [3.05, 3.63) is 60.2 Å². The van der Waals surface area contributed by atoms with E-state index in [1.807, 2.05) is 48.8 Å². The SMILES string of the molecule is O.O.[Cl-].[Cl-].[Cl-].[Cl-].[NH3+]Cc1cccc[nH+]1.[NH3+]Cc1cccc[nH+]1. The molecule has 0 aromatic carbocycles. The van der Waals surface area contributed by atoms with Crippen molar-refractivity contribution in [2.24, 2.45) is 0 Å². The third kappa shape index (κ3) is 17.4. The minimum absolute atomic E-state index is 0. The van der Waals surface area contributed by atoms with E-state index in [0.29, 0.717) is 0 Å². The van der Waals surface area contributed by atoms with Gasteiger partial charge in [0.1, 0.15) is 0 Å². The van der Waals surface area contributed by atoms with Gasteiger partial charge in [0.05, 0.1) is 0 Å². The van der Waals surface area contributed by atoms with Gasteiger partial charge in [0, 0.05) is 24.3 Å². The van der Waals surface area contributed by atoms with Crippen LogP contribution in [0.3, 0.4) is 0 Å². The number of aromatic amines is 2. The van der Waals surface area contributed by atoms with E-state index in [1.165, 1.54) is 11.4 Å². The molecule has 2 aromatic rings. The van der Waals surface area contributed by atoms with Crippen molar-refractivity contribution in [2.45, 2.75) is 13.1 Å². The van der Waals surface area contributed by atoms with Crippen molar-refractivity contribution in [1.29, 1.82) is 0 Å². The summed E-state index contributed by atoms with van der Waals surface area (Å²) in [4.78, 5) is 6.11. The summed E-state index contributed by atoms with van der Waals surface area (Å²) in [6.07, 6.45) is 3.81. The summed E-state index contributed by atoms with van der Waals surface area (Å²) in [6, 6.07) is 12.0. The van der Waals surface area contributed by atoms with Crippen molar-refractivity contribution in [2.75, 3.05) is 0 Å². The largest absolute Gasteiger partial charge is 1.00 e. The number of pyridine rings is 2. The van der Waals surface area contributed by atoms with Crippen LogP contribution in [-0.2, 0) is 13.1 Å². The van der Waals surface area contributed by atoms with Gasteiger partial charge < -0.3 is 72.0 Å². The third-order valence-corrected chi connectivity index (χ3v) is 2.09. The number of nitrogens with one attached hydrogen (secondary N) is 2. The number of hydrogen-bond acceptors (Lipinski definition) is 0. The minimum Gasteiger partial charge on any atom is -1.00 e. The van der Waals surface area contributed by atoms with Crippen LogP contribution in [0.2, 0.25) is 0 Å². The molecular weight excluding hydrogens is 374 g/mol. The van der Waals surface area contributed by atoms with E-state index in [1.54, 1.807) is 0 Å². The zero-order valence-corrected chi connectivity index (χ0v) is 15.0. The van der Waals surface area contributed by atoms with E-state index >= 15 is 0 Å². The molecule has 0 saturated heterocycles. The fourth-order valence-corrected chi connectivity index (χ4v) is 1.17. The molecule has 0 aliphatic heterocycles. The van der Waals surface area contributed by atoms with Gasteiger partial charge in [-0.1, -0.05) is 0 Å². The molecule has 0 unspecified atom stereocenters. The van der Waals surface area contributed by atoms with E-state index in [4.69, 9.17) is 0 Å². The van der Waals surface area contributed by atoms with Crippen LogP contribution >= 0.6 is 0 Å². The molecule has 0 saturated carbocycles. The highest BCUT2D eigenvalue weighted by Crippen LogP contribution is 1.82. The molecule has 12 N–H and O–H groups in total. The number of hydrogen-bond donors (Lipinski definition) is 2. The van der Waals surface area contributed by atoms with E-state index in [9.17, 15) is 0 Å². The summed E-state index contributed by atoms with van der Waals surface area (Å²) in [6.45, 7) is 1.67. The standard InChI is InChI=1S/2C6H8N2.4ClH.2H2O/c2*7-5-6-3-1-2-4-8-6;;;;;;/h2*1-4H,5,7H2;4*1H;2*1H2. The Morgan fingerprint density at radius 3 is 1.09 bits per heavy atom. The third-order valence-electron chi connectivity index (χ3n) is 2.09. The fraction of sp³-hybridized carbons (Fsp3) is 0.167. The van der Waals surface area contributed by atoms with Crippen LogP contribution in [0.1, 0.15) is 11.4 Å². The fourth-order valence-electron chi connectivity index (χ4n) is 1.17. The average Bonchev–Trinajstić information content (AvgIpc) is 2.41. The Bertz CT molecular complexity index is 359. The topological polar surface area (TPSA) is 147 Å². The van der Waals surface area contributed by atoms with Crippen LogP contribution in [-0.4, -0.2) is 11.0 Å². The summed E-state index contributed by atoms with van der Waals surface area (Å²) in [5.41, 5.74) is 9.80.